The van der Waals surface area contributed by atoms with Gasteiger partial charge in [0.2, 0.25) is 0 Å². The van der Waals surface area contributed by atoms with Crippen LogP contribution in [0.4, 0.5) is 4.39 Å². The highest BCUT2D eigenvalue weighted by Gasteiger charge is 2.14. The van der Waals surface area contributed by atoms with Crippen LogP contribution in [0.5, 0.6) is 0 Å². The fourth-order valence-corrected chi connectivity index (χ4v) is 2.38. The van der Waals surface area contributed by atoms with Crippen molar-refractivity contribution < 1.29 is 4.39 Å². The van der Waals surface area contributed by atoms with E-state index in [2.05, 4.69) is 20.0 Å². The molecule has 3 rings (SSSR count). The molecule has 0 saturated carbocycles. The van der Waals surface area contributed by atoms with Crippen molar-refractivity contribution >= 4 is 22.6 Å². The first-order valence-electron chi connectivity index (χ1n) is 6.41. The average molecular weight is 314 g/mol. The summed E-state index contributed by atoms with van der Waals surface area (Å²) in [5.41, 5.74) is 10.6. The Labute approximate surface area is 130 Å². The smallest absolute Gasteiger partial charge is 0.151 e. The third-order valence-corrected chi connectivity index (χ3v) is 3.46. The van der Waals surface area contributed by atoms with Gasteiger partial charge in [-0.15, -0.1) is 0 Å². The van der Waals surface area contributed by atoms with Crippen LogP contribution in [-0.2, 0) is 6.54 Å². The van der Waals surface area contributed by atoms with Crippen LogP contribution < -0.4 is 0 Å². The number of rotatable bonds is 3. The molecule has 0 aliphatic heterocycles. The van der Waals surface area contributed by atoms with Gasteiger partial charge in [0.25, 0.3) is 0 Å². The highest BCUT2D eigenvalue weighted by atomic mass is 35.5. The molecule has 0 spiro atoms. The van der Waals surface area contributed by atoms with Crippen LogP contribution in [0.3, 0.4) is 0 Å². The van der Waals surface area contributed by atoms with Gasteiger partial charge in [-0.3, -0.25) is 0 Å². The predicted molar refractivity (Wildman–Crippen MR) is 82.8 cm³/mol. The minimum absolute atomic E-state index is 0.0104. The number of fused-ring (bicyclic) bond motifs is 1. The second kappa shape index (κ2) is 5.97. The second-order valence-electron chi connectivity index (χ2n) is 4.50. The SMILES string of the molecule is [N-]=[N+]=NCc1nc2cccc(F)c2nc1-c1ccccc1Cl. The van der Waals surface area contributed by atoms with Crippen LogP contribution in [0.25, 0.3) is 32.7 Å². The minimum atomic E-state index is -0.464. The lowest BCUT2D eigenvalue weighted by atomic mass is 10.1. The molecule has 0 radical (unpaired) electrons. The molecule has 0 saturated heterocycles. The van der Waals surface area contributed by atoms with Gasteiger partial charge < -0.3 is 0 Å². The van der Waals surface area contributed by atoms with Gasteiger partial charge in [-0.1, -0.05) is 41.0 Å². The summed E-state index contributed by atoms with van der Waals surface area (Å²) in [6.45, 7) is 0.0104. The summed E-state index contributed by atoms with van der Waals surface area (Å²) in [4.78, 5) is 11.5. The Morgan fingerprint density at radius 1 is 1.14 bits per heavy atom. The second-order valence-corrected chi connectivity index (χ2v) is 4.90. The number of benzene rings is 2. The van der Waals surface area contributed by atoms with E-state index in [0.717, 1.165) is 0 Å². The number of halogens is 2. The number of nitrogens with zero attached hydrogens (tertiary/aromatic N) is 5. The minimum Gasteiger partial charge on any atom is -0.249 e. The van der Waals surface area contributed by atoms with Crippen LogP contribution in [0, 0.1) is 5.82 Å². The molecule has 0 atom stereocenters. The third kappa shape index (κ3) is 2.57. The summed E-state index contributed by atoms with van der Waals surface area (Å²) in [6, 6.07) is 11.6. The van der Waals surface area contributed by atoms with Crippen molar-refractivity contribution in [3.63, 3.8) is 0 Å². The first kappa shape index (κ1) is 14.3. The monoisotopic (exact) mass is 313 g/mol. The van der Waals surface area contributed by atoms with E-state index < -0.39 is 5.82 Å². The zero-order valence-electron chi connectivity index (χ0n) is 11.2. The van der Waals surface area contributed by atoms with Crippen molar-refractivity contribution in [3.05, 3.63) is 69.4 Å². The summed E-state index contributed by atoms with van der Waals surface area (Å²) in [5, 5.41) is 4.00. The molecule has 22 heavy (non-hydrogen) atoms. The number of aromatic nitrogens is 2. The first-order valence-corrected chi connectivity index (χ1v) is 6.79. The van der Waals surface area contributed by atoms with Crippen molar-refractivity contribution in [2.45, 2.75) is 6.54 Å². The lowest BCUT2D eigenvalue weighted by Gasteiger charge is -2.10. The number of para-hydroxylation sites is 1. The lowest BCUT2D eigenvalue weighted by molar-refractivity contribution is 0.636. The van der Waals surface area contributed by atoms with Crippen LogP contribution in [0.2, 0.25) is 5.02 Å². The van der Waals surface area contributed by atoms with Gasteiger partial charge in [-0.05, 0) is 23.7 Å². The van der Waals surface area contributed by atoms with E-state index in [-0.39, 0.29) is 12.1 Å². The van der Waals surface area contributed by atoms with Crippen LogP contribution in [0.1, 0.15) is 5.69 Å². The van der Waals surface area contributed by atoms with Crippen molar-refractivity contribution in [1.29, 1.82) is 0 Å². The zero-order valence-corrected chi connectivity index (χ0v) is 12.0. The van der Waals surface area contributed by atoms with Gasteiger partial charge in [-0.2, -0.15) is 0 Å². The summed E-state index contributed by atoms with van der Waals surface area (Å²) in [5.74, 6) is -0.464. The average Bonchev–Trinajstić information content (AvgIpc) is 2.53. The van der Waals surface area contributed by atoms with Gasteiger partial charge in [0.1, 0.15) is 5.52 Å². The van der Waals surface area contributed by atoms with Crippen LogP contribution >= 0.6 is 11.6 Å². The Morgan fingerprint density at radius 2 is 1.95 bits per heavy atom. The molecule has 0 unspecified atom stereocenters. The molecule has 0 bridgehead atoms. The summed E-state index contributed by atoms with van der Waals surface area (Å²) in [6.07, 6.45) is 0. The van der Waals surface area contributed by atoms with Gasteiger partial charge >= 0.3 is 0 Å². The van der Waals surface area contributed by atoms with Crippen molar-refractivity contribution in [2.75, 3.05) is 0 Å². The third-order valence-electron chi connectivity index (χ3n) is 3.13. The molecule has 3 aromatic rings. The number of hydrogen-bond donors (Lipinski definition) is 0. The molecule has 2 aromatic carbocycles. The highest BCUT2D eigenvalue weighted by Crippen LogP contribution is 2.30. The Bertz CT molecular complexity index is 906. The standard InChI is InChI=1S/C15H9ClFN5/c16-10-5-2-1-4-9(10)14-13(8-19-22-18)20-12-7-3-6-11(17)15(12)21-14/h1-7H,8H2. The van der Waals surface area contributed by atoms with E-state index in [1.165, 1.54) is 6.07 Å². The fraction of sp³-hybridized carbons (Fsp3) is 0.0667. The van der Waals surface area contributed by atoms with E-state index >= 15 is 0 Å². The highest BCUT2D eigenvalue weighted by molar-refractivity contribution is 6.33. The molecule has 0 fully saturated rings. The summed E-state index contributed by atoms with van der Waals surface area (Å²) < 4.78 is 13.9. The molecular formula is C15H9ClFN5. The van der Waals surface area contributed by atoms with E-state index in [0.29, 0.717) is 27.5 Å². The van der Waals surface area contributed by atoms with E-state index in [1.54, 1.807) is 36.4 Å². The normalized spacial score (nSPS) is 10.5. The van der Waals surface area contributed by atoms with Gasteiger partial charge in [0.05, 0.1) is 28.5 Å². The van der Waals surface area contributed by atoms with E-state index in [1.807, 2.05) is 0 Å². The maximum Gasteiger partial charge on any atom is 0.151 e. The molecule has 5 nitrogen and oxygen atoms in total. The molecular weight excluding hydrogens is 305 g/mol. The molecule has 0 aliphatic carbocycles. The Hall–Kier alpha value is -2.69. The van der Waals surface area contributed by atoms with Crippen molar-refractivity contribution in [3.8, 4) is 11.3 Å². The van der Waals surface area contributed by atoms with Gasteiger partial charge in [0, 0.05) is 10.5 Å². The first-order chi connectivity index (χ1) is 10.7. The van der Waals surface area contributed by atoms with Crippen LogP contribution in [-0.4, -0.2) is 9.97 Å². The van der Waals surface area contributed by atoms with E-state index in [4.69, 9.17) is 17.1 Å². The molecule has 7 heteroatoms. The Morgan fingerprint density at radius 3 is 2.73 bits per heavy atom. The van der Waals surface area contributed by atoms with E-state index in [9.17, 15) is 4.39 Å². The quantitative estimate of drug-likeness (QED) is 0.392. The van der Waals surface area contributed by atoms with Gasteiger partial charge in [-0.25, -0.2) is 14.4 Å². The van der Waals surface area contributed by atoms with Crippen molar-refractivity contribution in [1.82, 2.24) is 9.97 Å². The zero-order chi connectivity index (χ0) is 15.5. The molecule has 1 heterocycles. The maximum absolute atomic E-state index is 13.9. The molecule has 0 amide bonds. The molecule has 0 N–H and O–H groups in total. The molecule has 1 aromatic heterocycles. The Balaban J connectivity index is 2.32. The van der Waals surface area contributed by atoms with Crippen molar-refractivity contribution in [2.24, 2.45) is 5.11 Å². The number of hydrogen-bond acceptors (Lipinski definition) is 3. The number of azide groups is 1. The fourth-order valence-electron chi connectivity index (χ4n) is 2.16. The van der Waals surface area contributed by atoms with Crippen LogP contribution in [0.15, 0.2) is 47.6 Å². The lowest BCUT2D eigenvalue weighted by Crippen LogP contribution is -1.99. The maximum atomic E-state index is 13.9. The molecule has 0 aliphatic rings. The Kier molecular flexibility index (Phi) is 3.87. The molecule has 108 valence electrons. The topological polar surface area (TPSA) is 74.5 Å². The summed E-state index contributed by atoms with van der Waals surface area (Å²) >= 11 is 6.19. The largest absolute Gasteiger partial charge is 0.249 e. The predicted octanol–water partition coefficient (Wildman–Crippen LogP) is 4.90. The van der Waals surface area contributed by atoms with Gasteiger partial charge in [0.15, 0.2) is 5.82 Å². The summed E-state index contributed by atoms with van der Waals surface area (Å²) in [7, 11) is 0.